The van der Waals surface area contributed by atoms with Gasteiger partial charge in [-0.05, 0) is 42.9 Å². The van der Waals surface area contributed by atoms with Gasteiger partial charge in [-0.25, -0.2) is 24.1 Å². The maximum atomic E-state index is 15.5. The SMILES string of the molecule is Cc1nc2c(F)c3c(cc2n1CCN)CC(CN1CCC2(CC1)CN(c1cnc4c(n1)NC(=O)CO4)C(=O)O2)C3. The summed E-state index contributed by atoms with van der Waals surface area (Å²) in [5.74, 6) is 1.34. The first kappa shape index (κ1) is 25.1. The number of piperidine rings is 1. The molecule has 1 aliphatic carbocycles. The minimum atomic E-state index is -0.598. The van der Waals surface area contributed by atoms with E-state index < -0.39 is 11.7 Å². The summed E-state index contributed by atoms with van der Waals surface area (Å²) in [4.78, 5) is 41.4. The summed E-state index contributed by atoms with van der Waals surface area (Å²) in [6.45, 7) is 5.65. The largest absolute Gasteiger partial charge is 0.465 e. The van der Waals surface area contributed by atoms with Gasteiger partial charge in [0.15, 0.2) is 24.1 Å². The molecule has 1 unspecified atom stereocenters. The summed E-state index contributed by atoms with van der Waals surface area (Å²) in [5.41, 5.74) is 8.29. The van der Waals surface area contributed by atoms with E-state index in [-0.39, 0.29) is 30.0 Å². The molecule has 2 saturated heterocycles. The number of ether oxygens (including phenoxy) is 2. The number of imidazole rings is 1. The number of rotatable bonds is 5. The Labute approximate surface area is 229 Å². The quantitative estimate of drug-likeness (QED) is 0.486. The summed E-state index contributed by atoms with van der Waals surface area (Å²) < 4.78 is 28.6. The van der Waals surface area contributed by atoms with Gasteiger partial charge in [-0.3, -0.25) is 9.69 Å². The lowest BCUT2D eigenvalue weighted by Crippen LogP contribution is -2.48. The predicted molar refractivity (Wildman–Crippen MR) is 143 cm³/mol. The molecule has 4 aliphatic rings. The number of fused-ring (bicyclic) bond motifs is 3. The van der Waals surface area contributed by atoms with Gasteiger partial charge in [0.05, 0.1) is 18.3 Å². The molecule has 12 nitrogen and oxygen atoms in total. The van der Waals surface area contributed by atoms with Gasteiger partial charge in [0.2, 0.25) is 0 Å². The zero-order valence-electron chi connectivity index (χ0n) is 22.3. The molecule has 3 aromatic rings. The number of halogens is 1. The van der Waals surface area contributed by atoms with E-state index in [4.69, 9.17) is 15.2 Å². The van der Waals surface area contributed by atoms with Crippen molar-refractivity contribution in [3.63, 3.8) is 0 Å². The highest BCUT2D eigenvalue weighted by molar-refractivity contribution is 5.94. The van der Waals surface area contributed by atoms with E-state index in [1.165, 1.54) is 11.1 Å². The van der Waals surface area contributed by atoms with Crippen LogP contribution < -0.4 is 20.7 Å². The van der Waals surface area contributed by atoms with Crippen LogP contribution >= 0.6 is 0 Å². The predicted octanol–water partition coefficient (Wildman–Crippen LogP) is 1.77. The minimum Gasteiger partial charge on any atom is -0.465 e. The highest BCUT2D eigenvalue weighted by Crippen LogP contribution is 2.38. The fraction of sp³-hybridized carbons (Fsp3) is 0.519. The van der Waals surface area contributed by atoms with Crippen LogP contribution in [0.25, 0.3) is 11.0 Å². The second-order valence-electron chi connectivity index (χ2n) is 11.2. The van der Waals surface area contributed by atoms with Crippen LogP contribution in [0.1, 0.15) is 29.8 Å². The molecule has 0 saturated carbocycles. The molecule has 7 rings (SSSR count). The molecule has 1 aromatic carbocycles. The summed E-state index contributed by atoms with van der Waals surface area (Å²) in [7, 11) is 0. The molecule has 1 atom stereocenters. The third kappa shape index (κ3) is 4.15. The van der Waals surface area contributed by atoms with Crippen LogP contribution in [-0.4, -0.2) is 81.4 Å². The number of aromatic nitrogens is 4. The number of anilines is 2. The van der Waals surface area contributed by atoms with E-state index in [0.29, 0.717) is 56.1 Å². The fourth-order valence-corrected chi connectivity index (χ4v) is 6.60. The Kier molecular flexibility index (Phi) is 5.89. The van der Waals surface area contributed by atoms with E-state index in [9.17, 15) is 9.59 Å². The monoisotopic (exact) mass is 550 g/mol. The zero-order valence-corrected chi connectivity index (χ0v) is 22.3. The van der Waals surface area contributed by atoms with Gasteiger partial charge in [-0.2, -0.15) is 0 Å². The molecule has 2 amide bonds. The third-order valence-electron chi connectivity index (χ3n) is 8.58. The first-order chi connectivity index (χ1) is 19.3. The number of nitrogens with two attached hydrogens (primary N) is 1. The van der Waals surface area contributed by atoms with Crippen molar-refractivity contribution in [1.29, 1.82) is 0 Å². The van der Waals surface area contributed by atoms with Crippen molar-refractivity contribution < 1.29 is 23.5 Å². The molecule has 13 heteroatoms. The number of aryl methyl sites for hydroxylation is 1. The highest BCUT2D eigenvalue weighted by Gasteiger charge is 2.48. The van der Waals surface area contributed by atoms with Crippen LogP contribution in [0.15, 0.2) is 12.3 Å². The maximum Gasteiger partial charge on any atom is 0.416 e. The van der Waals surface area contributed by atoms with Gasteiger partial charge < -0.3 is 30.0 Å². The summed E-state index contributed by atoms with van der Waals surface area (Å²) in [6, 6.07) is 2.10. The van der Waals surface area contributed by atoms with Gasteiger partial charge in [0, 0.05) is 45.6 Å². The lowest BCUT2D eigenvalue weighted by Gasteiger charge is -2.38. The van der Waals surface area contributed by atoms with Gasteiger partial charge in [0.1, 0.15) is 16.9 Å². The Morgan fingerprint density at radius 2 is 2.05 bits per heavy atom. The Balaban J connectivity index is 0.995. The minimum absolute atomic E-state index is 0.113. The van der Waals surface area contributed by atoms with Gasteiger partial charge in [-0.1, -0.05) is 0 Å². The number of nitrogens with one attached hydrogen (secondary N) is 1. The topological polar surface area (TPSA) is 141 Å². The molecule has 0 radical (unpaired) electrons. The number of carbonyl (C=O) groups excluding carboxylic acids is 2. The number of amides is 2. The average molecular weight is 551 g/mol. The summed E-state index contributed by atoms with van der Waals surface area (Å²) in [5, 5.41) is 2.62. The molecule has 3 N–H and O–H groups in total. The molecule has 0 bridgehead atoms. The molecule has 1 spiro atoms. The molecule has 2 fully saturated rings. The Hall–Kier alpha value is -3.84. The van der Waals surface area contributed by atoms with Crippen LogP contribution in [0.5, 0.6) is 5.88 Å². The smallest absolute Gasteiger partial charge is 0.416 e. The summed E-state index contributed by atoms with van der Waals surface area (Å²) in [6.07, 6.45) is 3.90. The first-order valence-corrected chi connectivity index (χ1v) is 13.7. The number of hydrogen-bond acceptors (Lipinski definition) is 9. The van der Waals surface area contributed by atoms with E-state index in [2.05, 4.69) is 31.2 Å². The number of benzene rings is 1. The Bertz CT molecular complexity index is 1530. The van der Waals surface area contributed by atoms with Crippen LogP contribution in [0.3, 0.4) is 0 Å². The maximum absolute atomic E-state index is 15.5. The van der Waals surface area contributed by atoms with Crippen molar-refractivity contribution in [1.82, 2.24) is 24.4 Å². The number of nitrogens with zero attached hydrogens (tertiary/aromatic N) is 6. The molecule has 3 aliphatic heterocycles. The van der Waals surface area contributed by atoms with Crippen molar-refractivity contribution in [2.45, 2.75) is 44.8 Å². The van der Waals surface area contributed by atoms with Crippen LogP contribution in [0.2, 0.25) is 0 Å². The first-order valence-electron chi connectivity index (χ1n) is 13.7. The number of carbonyl (C=O) groups is 2. The van der Waals surface area contributed by atoms with E-state index in [1.807, 2.05) is 11.5 Å². The molecule has 2 aromatic heterocycles. The fourth-order valence-electron chi connectivity index (χ4n) is 6.60. The van der Waals surface area contributed by atoms with Crippen molar-refractivity contribution in [2.75, 3.05) is 49.5 Å². The average Bonchev–Trinajstić information content (AvgIpc) is 3.59. The van der Waals surface area contributed by atoms with Gasteiger partial charge in [0.25, 0.3) is 11.8 Å². The molecule has 40 heavy (non-hydrogen) atoms. The van der Waals surface area contributed by atoms with Crippen LogP contribution in [0, 0.1) is 18.7 Å². The van der Waals surface area contributed by atoms with Crippen LogP contribution in [-0.2, 0) is 28.9 Å². The van der Waals surface area contributed by atoms with Gasteiger partial charge in [-0.15, -0.1) is 0 Å². The van der Waals surface area contributed by atoms with E-state index in [0.717, 1.165) is 48.5 Å². The van der Waals surface area contributed by atoms with E-state index >= 15 is 4.39 Å². The van der Waals surface area contributed by atoms with Crippen molar-refractivity contribution in [3.05, 3.63) is 35.0 Å². The lowest BCUT2D eigenvalue weighted by atomic mass is 9.90. The summed E-state index contributed by atoms with van der Waals surface area (Å²) >= 11 is 0. The second kappa shape index (κ2) is 9.37. The Morgan fingerprint density at radius 1 is 1.23 bits per heavy atom. The third-order valence-corrected chi connectivity index (χ3v) is 8.58. The number of hydrogen-bond donors (Lipinski definition) is 2. The normalized spacial score (nSPS) is 21.9. The van der Waals surface area contributed by atoms with Crippen molar-refractivity contribution >= 4 is 34.7 Å². The Morgan fingerprint density at radius 3 is 2.85 bits per heavy atom. The molecule has 5 heterocycles. The lowest BCUT2D eigenvalue weighted by molar-refractivity contribution is -0.118. The second-order valence-corrected chi connectivity index (χ2v) is 11.2. The van der Waals surface area contributed by atoms with E-state index in [1.54, 1.807) is 0 Å². The van der Waals surface area contributed by atoms with Crippen molar-refractivity contribution in [2.24, 2.45) is 11.7 Å². The number of likely N-dealkylation sites (tertiary alicyclic amines) is 1. The van der Waals surface area contributed by atoms with Crippen molar-refractivity contribution in [3.8, 4) is 5.88 Å². The standard InChI is InChI=1S/C27H31FN8O4/c1-15-31-23-19(35(15)7-4-29)10-17-8-16(9-18(17)22(23)28)12-34-5-2-27(3-6-34)14-36(26(38)40-27)20-11-30-25-24(32-20)33-21(37)13-39-25/h10-11,16H,2-9,12-14,29H2,1H3,(H,32,33,37). The van der Waals surface area contributed by atoms with Gasteiger partial charge >= 0.3 is 6.09 Å². The highest BCUT2D eigenvalue weighted by atomic mass is 19.1. The van der Waals surface area contributed by atoms with Crippen LogP contribution in [0.4, 0.5) is 20.8 Å². The molecular formula is C27H31FN8O4. The molecular weight excluding hydrogens is 519 g/mol. The zero-order chi connectivity index (χ0) is 27.6. The molecule has 210 valence electrons.